The van der Waals surface area contributed by atoms with Crippen molar-refractivity contribution in [2.24, 2.45) is 0 Å². The van der Waals surface area contributed by atoms with Crippen molar-refractivity contribution in [2.45, 2.75) is 6.10 Å². The lowest BCUT2D eigenvalue weighted by molar-refractivity contribution is 0.109. The number of hydrogen-bond acceptors (Lipinski definition) is 6. The molecule has 1 N–H and O–H groups in total. The predicted octanol–water partition coefficient (Wildman–Crippen LogP) is 2.28. The number of aliphatic hydroxyl groups is 1. The average Bonchev–Trinajstić information content (AvgIpc) is 3.16. The highest BCUT2D eigenvalue weighted by Crippen LogP contribution is 2.34. The fourth-order valence-electron chi connectivity index (χ4n) is 3.47. The molecule has 0 aliphatic carbocycles. The van der Waals surface area contributed by atoms with Crippen LogP contribution in [0.3, 0.4) is 0 Å². The minimum Gasteiger partial charge on any atom is -0.497 e. The maximum atomic E-state index is 10.6. The van der Waals surface area contributed by atoms with Gasteiger partial charge >= 0.3 is 0 Å². The molecule has 1 unspecified atom stereocenters. The first-order valence-electron chi connectivity index (χ1n) is 8.92. The highest BCUT2D eigenvalue weighted by Gasteiger charge is 2.22. The van der Waals surface area contributed by atoms with Gasteiger partial charge in [0.05, 0.1) is 13.2 Å². The summed E-state index contributed by atoms with van der Waals surface area (Å²) in [6, 6.07) is 13.8. The molecule has 4 rings (SSSR count). The van der Waals surface area contributed by atoms with Crippen LogP contribution in [0.15, 0.2) is 42.5 Å². The van der Waals surface area contributed by atoms with Crippen molar-refractivity contribution in [1.29, 1.82) is 0 Å². The van der Waals surface area contributed by atoms with Crippen LogP contribution in [0, 0.1) is 0 Å². The number of piperazine rings is 1. The van der Waals surface area contributed by atoms with Gasteiger partial charge in [-0.3, -0.25) is 4.90 Å². The molecule has 0 bridgehead atoms. The summed E-state index contributed by atoms with van der Waals surface area (Å²) in [5.74, 6) is 2.33. The van der Waals surface area contributed by atoms with Crippen LogP contribution in [-0.4, -0.2) is 56.6 Å². The predicted molar refractivity (Wildman–Crippen MR) is 99.2 cm³/mol. The molecule has 6 nitrogen and oxygen atoms in total. The zero-order chi connectivity index (χ0) is 17.9. The smallest absolute Gasteiger partial charge is 0.231 e. The highest BCUT2D eigenvalue weighted by atomic mass is 16.7. The number of hydrogen-bond donors (Lipinski definition) is 1. The molecule has 0 spiro atoms. The summed E-state index contributed by atoms with van der Waals surface area (Å²) in [6.45, 7) is 4.56. The number of ether oxygens (including phenoxy) is 3. The van der Waals surface area contributed by atoms with Crippen LogP contribution in [0.5, 0.6) is 17.2 Å². The van der Waals surface area contributed by atoms with Crippen LogP contribution in [0.25, 0.3) is 0 Å². The lowest BCUT2D eigenvalue weighted by Gasteiger charge is -2.37. The molecule has 0 saturated carbocycles. The number of aliphatic hydroxyl groups excluding tert-OH is 1. The summed E-state index contributed by atoms with van der Waals surface area (Å²) >= 11 is 0. The number of nitrogens with zero attached hydrogens (tertiary/aromatic N) is 2. The summed E-state index contributed by atoms with van der Waals surface area (Å²) in [7, 11) is 1.69. The number of fused-ring (bicyclic) bond motifs is 1. The van der Waals surface area contributed by atoms with Gasteiger partial charge in [0, 0.05) is 44.5 Å². The van der Waals surface area contributed by atoms with E-state index in [-0.39, 0.29) is 6.79 Å². The van der Waals surface area contributed by atoms with Crippen molar-refractivity contribution in [1.82, 2.24) is 4.90 Å². The Morgan fingerprint density at radius 2 is 1.85 bits per heavy atom. The molecule has 2 aliphatic rings. The lowest BCUT2D eigenvalue weighted by atomic mass is 10.1. The molecular weight excluding hydrogens is 332 g/mol. The molecule has 0 aromatic heterocycles. The normalized spacial score (nSPS) is 18.0. The van der Waals surface area contributed by atoms with E-state index in [1.165, 1.54) is 5.69 Å². The highest BCUT2D eigenvalue weighted by molar-refractivity contribution is 5.51. The standard InChI is InChI=1S/C20H24N2O4/c1-24-17-4-2-3-16(12-17)22-9-7-21(8-10-22)13-18(23)15-5-6-19-20(11-15)26-14-25-19/h2-6,11-12,18,23H,7-10,13-14H2,1H3. The molecule has 2 aromatic carbocycles. The molecule has 2 heterocycles. The largest absolute Gasteiger partial charge is 0.497 e. The van der Waals surface area contributed by atoms with E-state index in [9.17, 15) is 5.11 Å². The number of anilines is 1. The van der Waals surface area contributed by atoms with Gasteiger partial charge < -0.3 is 24.2 Å². The lowest BCUT2D eigenvalue weighted by Crippen LogP contribution is -2.47. The minimum atomic E-state index is -0.534. The Morgan fingerprint density at radius 1 is 1.04 bits per heavy atom. The Kier molecular flexibility index (Phi) is 4.86. The molecule has 1 saturated heterocycles. The van der Waals surface area contributed by atoms with Crippen LogP contribution in [0.2, 0.25) is 0 Å². The third kappa shape index (κ3) is 3.57. The maximum absolute atomic E-state index is 10.6. The second-order valence-electron chi connectivity index (χ2n) is 6.62. The summed E-state index contributed by atoms with van der Waals surface area (Å²) in [5, 5.41) is 10.6. The molecule has 1 atom stereocenters. The number of methoxy groups -OCH3 is 1. The molecule has 2 aliphatic heterocycles. The summed E-state index contributed by atoms with van der Waals surface area (Å²) < 4.78 is 16.0. The zero-order valence-corrected chi connectivity index (χ0v) is 14.9. The van der Waals surface area contributed by atoms with Crippen LogP contribution in [-0.2, 0) is 0 Å². The van der Waals surface area contributed by atoms with Crippen molar-refractivity contribution in [3.8, 4) is 17.2 Å². The third-order valence-corrected chi connectivity index (χ3v) is 5.00. The fraction of sp³-hybridized carbons (Fsp3) is 0.400. The minimum absolute atomic E-state index is 0.251. The Bertz CT molecular complexity index is 759. The number of β-amino-alcohol motifs (C(OH)–C–C–N with tert-alkyl or cyclic N) is 1. The molecule has 138 valence electrons. The van der Waals surface area contributed by atoms with Gasteiger partial charge in [-0.05, 0) is 29.8 Å². The first-order chi connectivity index (χ1) is 12.7. The first kappa shape index (κ1) is 17.0. The number of rotatable bonds is 5. The fourth-order valence-corrected chi connectivity index (χ4v) is 3.47. The van der Waals surface area contributed by atoms with Gasteiger partial charge in [0.25, 0.3) is 0 Å². The van der Waals surface area contributed by atoms with E-state index in [2.05, 4.69) is 21.9 Å². The van der Waals surface area contributed by atoms with E-state index in [0.717, 1.165) is 43.2 Å². The summed E-state index contributed by atoms with van der Waals surface area (Å²) in [4.78, 5) is 4.65. The Labute approximate surface area is 153 Å². The van der Waals surface area contributed by atoms with Crippen LogP contribution in [0.1, 0.15) is 11.7 Å². The van der Waals surface area contributed by atoms with Gasteiger partial charge in [0.15, 0.2) is 11.5 Å². The summed E-state index contributed by atoms with van der Waals surface area (Å²) in [6.07, 6.45) is -0.534. The van der Waals surface area contributed by atoms with Crippen molar-refractivity contribution in [3.63, 3.8) is 0 Å². The van der Waals surface area contributed by atoms with Crippen molar-refractivity contribution < 1.29 is 19.3 Å². The number of benzene rings is 2. The molecule has 6 heteroatoms. The van der Waals surface area contributed by atoms with Crippen LogP contribution >= 0.6 is 0 Å². The molecular formula is C20H24N2O4. The first-order valence-corrected chi connectivity index (χ1v) is 8.92. The molecule has 0 radical (unpaired) electrons. The SMILES string of the molecule is COc1cccc(N2CCN(CC(O)c3ccc4c(c3)OCO4)CC2)c1. The van der Waals surface area contributed by atoms with Gasteiger partial charge in [-0.25, -0.2) is 0 Å². The molecule has 0 amide bonds. The Hall–Kier alpha value is -2.44. The molecule has 26 heavy (non-hydrogen) atoms. The van der Waals surface area contributed by atoms with Crippen molar-refractivity contribution >= 4 is 5.69 Å². The van der Waals surface area contributed by atoms with E-state index in [4.69, 9.17) is 14.2 Å². The van der Waals surface area contributed by atoms with Crippen molar-refractivity contribution in [2.75, 3.05) is 51.5 Å². The molecule has 2 aromatic rings. The monoisotopic (exact) mass is 356 g/mol. The zero-order valence-electron chi connectivity index (χ0n) is 14.9. The van der Waals surface area contributed by atoms with E-state index < -0.39 is 6.10 Å². The van der Waals surface area contributed by atoms with Gasteiger partial charge in [-0.1, -0.05) is 12.1 Å². The van der Waals surface area contributed by atoms with Gasteiger partial charge in [-0.2, -0.15) is 0 Å². The Morgan fingerprint density at radius 3 is 2.65 bits per heavy atom. The van der Waals surface area contributed by atoms with Crippen molar-refractivity contribution in [3.05, 3.63) is 48.0 Å². The van der Waals surface area contributed by atoms with E-state index in [1.54, 1.807) is 7.11 Å². The van der Waals surface area contributed by atoms with E-state index in [0.29, 0.717) is 12.3 Å². The van der Waals surface area contributed by atoms with Gasteiger partial charge in [0.2, 0.25) is 6.79 Å². The van der Waals surface area contributed by atoms with E-state index >= 15 is 0 Å². The second kappa shape index (κ2) is 7.43. The van der Waals surface area contributed by atoms with Crippen LogP contribution < -0.4 is 19.1 Å². The maximum Gasteiger partial charge on any atom is 0.231 e. The quantitative estimate of drug-likeness (QED) is 0.887. The molecule has 1 fully saturated rings. The Balaban J connectivity index is 1.33. The second-order valence-corrected chi connectivity index (χ2v) is 6.62. The third-order valence-electron chi connectivity index (χ3n) is 5.00. The van der Waals surface area contributed by atoms with Gasteiger partial charge in [0.1, 0.15) is 5.75 Å². The van der Waals surface area contributed by atoms with Gasteiger partial charge in [-0.15, -0.1) is 0 Å². The summed E-state index contributed by atoms with van der Waals surface area (Å²) in [5.41, 5.74) is 2.05. The topological polar surface area (TPSA) is 54.4 Å². The van der Waals surface area contributed by atoms with E-state index in [1.807, 2.05) is 30.3 Å². The average molecular weight is 356 g/mol. The van der Waals surface area contributed by atoms with Crippen LogP contribution in [0.4, 0.5) is 5.69 Å².